The minimum atomic E-state index is -1.17. The van der Waals surface area contributed by atoms with Crippen LogP contribution in [0.2, 0.25) is 0 Å². The third-order valence-corrected chi connectivity index (χ3v) is 3.88. The van der Waals surface area contributed by atoms with Gasteiger partial charge in [0, 0.05) is 18.2 Å². The molecular formula is C15H21F2NO. The topological polar surface area (TPSA) is 23.5 Å². The molecule has 1 aromatic rings. The lowest BCUT2D eigenvalue weighted by Crippen LogP contribution is -2.30. The Balaban J connectivity index is 2.17. The van der Waals surface area contributed by atoms with Gasteiger partial charge in [-0.25, -0.2) is 8.78 Å². The highest BCUT2D eigenvalue weighted by Crippen LogP contribution is 2.34. The number of halogens is 2. The highest BCUT2D eigenvalue weighted by atomic mass is 19.1. The van der Waals surface area contributed by atoms with Crippen molar-refractivity contribution in [1.82, 2.24) is 4.90 Å². The maximum atomic E-state index is 13.8. The van der Waals surface area contributed by atoms with Crippen molar-refractivity contribution in [3.05, 3.63) is 35.4 Å². The van der Waals surface area contributed by atoms with Crippen molar-refractivity contribution in [3.8, 4) is 0 Å². The maximum absolute atomic E-state index is 13.8. The summed E-state index contributed by atoms with van der Waals surface area (Å²) in [6.45, 7) is 4.80. The van der Waals surface area contributed by atoms with E-state index < -0.39 is 17.2 Å². The van der Waals surface area contributed by atoms with Crippen LogP contribution in [-0.2, 0) is 5.60 Å². The fourth-order valence-electron chi connectivity index (χ4n) is 2.85. The summed E-state index contributed by atoms with van der Waals surface area (Å²) in [7, 11) is 0. The zero-order valence-corrected chi connectivity index (χ0v) is 11.3. The van der Waals surface area contributed by atoms with Crippen LogP contribution in [0.4, 0.5) is 8.78 Å². The number of aliphatic hydroxyl groups is 1. The highest BCUT2D eigenvalue weighted by Gasteiger charge is 2.34. The maximum Gasteiger partial charge on any atom is 0.132 e. The van der Waals surface area contributed by atoms with Gasteiger partial charge in [-0.05, 0) is 44.8 Å². The van der Waals surface area contributed by atoms with Gasteiger partial charge in [-0.3, -0.25) is 0 Å². The summed E-state index contributed by atoms with van der Waals surface area (Å²) >= 11 is 0. The molecule has 4 heteroatoms. The Labute approximate surface area is 113 Å². The molecule has 2 rings (SSSR count). The van der Waals surface area contributed by atoms with E-state index in [1.54, 1.807) is 0 Å². The molecule has 1 fully saturated rings. The lowest BCUT2D eigenvalue weighted by Gasteiger charge is -2.28. The molecule has 2 nitrogen and oxygen atoms in total. The lowest BCUT2D eigenvalue weighted by molar-refractivity contribution is 0.0177. The van der Waals surface area contributed by atoms with Crippen molar-refractivity contribution in [3.63, 3.8) is 0 Å². The molecule has 0 aromatic heterocycles. The van der Waals surface area contributed by atoms with E-state index in [-0.39, 0.29) is 5.56 Å². The van der Waals surface area contributed by atoms with Gasteiger partial charge in [0.2, 0.25) is 0 Å². The van der Waals surface area contributed by atoms with E-state index in [9.17, 15) is 13.9 Å². The molecule has 0 aliphatic carbocycles. The van der Waals surface area contributed by atoms with E-state index in [0.29, 0.717) is 12.8 Å². The molecular weight excluding hydrogens is 248 g/mol. The normalized spacial score (nSPS) is 25.3. The molecule has 1 atom stereocenters. The average molecular weight is 269 g/mol. The van der Waals surface area contributed by atoms with Gasteiger partial charge in [0.25, 0.3) is 0 Å². The molecule has 1 heterocycles. The SMILES string of the molecule is CCCN1CCCC(O)(c2ccc(F)cc2F)CC1. The van der Waals surface area contributed by atoms with Crippen molar-refractivity contribution in [2.24, 2.45) is 0 Å². The van der Waals surface area contributed by atoms with Gasteiger partial charge in [0.05, 0.1) is 5.60 Å². The van der Waals surface area contributed by atoms with E-state index in [1.807, 2.05) is 0 Å². The van der Waals surface area contributed by atoms with Crippen molar-refractivity contribution in [2.45, 2.75) is 38.2 Å². The number of hydrogen-bond donors (Lipinski definition) is 1. The summed E-state index contributed by atoms with van der Waals surface area (Å²) < 4.78 is 26.8. The van der Waals surface area contributed by atoms with Crippen LogP contribution in [0.15, 0.2) is 18.2 Å². The Bertz CT molecular complexity index is 438. The predicted octanol–water partition coefficient (Wildman–Crippen LogP) is 3.05. The summed E-state index contributed by atoms with van der Waals surface area (Å²) in [6, 6.07) is 3.44. The standard InChI is InChI=1S/C15H21F2NO/c1-2-8-18-9-3-6-15(19,7-10-18)13-5-4-12(16)11-14(13)17/h4-5,11,19H,2-3,6-10H2,1H3. The average Bonchev–Trinajstić information content (AvgIpc) is 2.53. The van der Waals surface area contributed by atoms with Gasteiger partial charge >= 0.3 is 0 Å². The van der Waals surface area contributed by atoms with Crippen LogP contribution in [0, 0.1) is 11.6 Å². The lowest BCUT2D eigenvalue weighted by atomic mass is 9.86. The second-order valence-corrected chi connectivity index (χ2v) is 5.35. The molecule has 1 N–H and O–H groups in total. The highest BCUT2D eigenvalue weighted by molar-refractivity contribution is 5.25. The Kier molecular flexibility index (Phi) is 4.53. The van der Waals surface area contributed by atoms with Gasteiger partial charge in [-0.2, -0.15) is 0 Å². The van der Waals surface area contributed by atoms with Crippen molar-refractivity contribution < 1.29 is 13.9 Å². The second-order valence-electron chi connectivity index (χ2n) is 5.35. The van der Waals surface area contributed by atoms with Crippen molar-refractivity contribution in [2.75, 3.05) is 19.6 Å². The van der Waals surface area contributed by atoms with Gasteiger partial charge in [0.15, 0.2) is 0 Å². The molecule has 19 heavy (non-hydrogen) atoms. The first-order valence-electron chi connectivity index (χ1n) is 6.95. The smallest absolute Gasteiger partial charge is 0.132 e. The molecule has 1 aromatic carbocycles. The Morgan fingerprint density at radius 1 is 1.26 bits per heavy atom. The van der Waals surface area contributed by atoms with Crippen LogP contribution in [-0.4, -0.2) is 29.6 Å². The zero-order chi connectivity index (χ0) is 13.9. The summed E-state index contributed by atoms with van der Waals surface area (Å²) in [5.41, 5.74) is -0.937. The van der Waals surface area contributed by atoms with E-state index in [2.05, 4.69) is 11.8 Å². The fourth-order valence-corrected chi connectivity index (χ4v) is 2.85. The Morgan fingerprint density at radius 3 is 2.74 bits per heavy atom. The Morgan fingerprint density at radius 2 is 2.05 bits per heavy atom. The van der Waals surface area contributed by atoms with E-state index in [1.165, 1.54) is 12.1 Å². The minimum absolute atomic E-state index is 0.229. The van der Waals surface area contributed by atoms with Crippen molar-refractivity contribution >= 4 is 0 Å². The second kappa shape index (κ2) is 5.97. The Hall–Kier alpha value is -1.00. The number of benzene rings is 1. The third kappa shape index (κ3) is 3.31. The number of likely N-dealkylation sites (tertiary alicyclic amines) is 1. The molecule has 106 valence electrons. The predicted molar refractivity (Wildman–Crippen MR) is 70.8 cm³/mol. The summed E-state index contributed by atoms with van der Waals surface area (Å²) in [5.74, 6) is -1.25. The first-order chi connectivity index (χ1) is 9.05. The third-order valence-electron chi connectivity index (χ3n) is 3.88. The molecule has 0 radical (unpaired) electrons. The molecule has 1 aliphatic heterocycles. The van der Waals surface area contributed by atoms with Gasteiger partial charge in [0.1, 0.15) is 11.6 Å². The number of nitrogens with zero attached hydrogens (tertiary/aromatic N) is 1. The summed E-state index contributed by atoms with van der Waals surface area (Å²) in [6.07, 6.45) is 2.92. The van der Waals surface area contributed by atoms with Gasteiger partial charge in [-0.15, -0.1) is 0 Å². The van der Waals surface area contributed by atoms with E-state index in [4.69, 9.17) is 0 Å². The van der Waals surface area contributed by atoms with Crippen LogP contribution >= 0.6 is 0 Å². The van der Waals surface area contributed by atoms with E-state index >= 15 is 0 Å². The molecule has 0 spiro atoms. The van der Waals surface area contributed by atoms with Crippen LogP contribution in [0.3, 0.4) is 0 Å². The quantitative estimate of drug-likeness (QED) is 0.911. The molecule has 0 saturated carbocycles. The van der Waals surface area contributed by atoms with Crippen molar-refractivity contribution in [1.29, 1.82) is 0 Å². The molecule has 1 unspecified atom stereocenters. The van der Waals surface area contributed by atoms with E-state index in [0.717, 1.165) is 38.5 Å². The fraction of sp³-hybridized carbons (Fsp3) is 0.600. The summed E-state index contributed by atoms with van der Waals surface area (Å²) in [5, 5.41) is 10.7. The number of rotatable bonds is 3. The van der Waals surface area contributed by atoms with Gasteiger partial charge in [-0.1, -0.05) is 13.0 Å². The minimum Gasteiger partial charge on any atom is -0.385 e. The van der Waals surface area contributed by atoms with Gasteiger partial charge < -0.3 is 10.0 Å². The van der Waals surface area contributed by atoms with Crippen LogP contribution in [0.1, 0.15) is 38.2 Å². The largest absolute Gasteiger partial charge is 0.385 e. The molecule has 0 bridgehead atoms. The summed E-state index contributed by atoms with van der Waals surface area (Å²) in [4.78, 5) is 2.29. The molecule has 1 saturated heterocycles. The first-order valence-corrected chi connectivity index (χ1v) is 6.95. The molecule has 1 aliphatic rings. The molecule has 0 amide bonds. The van der Waals surface area contributed by atoms with Crippen LogP contribution in [0.25, 0.3) is 0 Å². The first kappa shape index (κ1) is 14.4. The monoisotopic (exact) mass is 269 g/mol. The zero-order valence-electron chi connectivity index (χ0n) is 11.3. The number of hydrogen-bond acceptors (Lipinski definition) is 2. The van der Waals surface area contributed by atoms with Crippen LogP contribution in [0.5, 0.6) is 0 Å². The van der Waals surface area contributed by atoms with Crippen LogP contribution < -0.4 is 0 Å².